The summed E-state index contributed by atoms with van der Waals surface area (Å²) in [5.41, 5.74) is 3.31. The van der Waals surface area contributed by atoms with Crippen molar-refractivity contribution in [1.29, 1.82) is 0 Å². The molecule has 1 aromatic heterocycles. The highest BCUT2D eigenvalue weighted by atomic mass is 16.5. The molecule has 0 unspecified atom stereocenters. The van der Waals surface area contributed by atoms with E-state index in [0.717, 1.165) is 43.5 Å². The van der Waals surface area contributed by atoms with Crippen molar-refractivity contribution in [2.45, 2.75) is 26.9 Å². The molecule has 0 amide bonds. The Morgan fingerprint density at radius 1 is 1.17 bits per heavy atom. The third kappa shape index (κ3) is 4.68. The van der Waals surface area contributed by atoms with E-state index in [2.05, 4.69) is 20.2 Å². The molecular formula is C13H24N4O. The third-order valence-electron chi connectivity index (χ3n) is 2.71. The first-order chi connectivity index (χ1) is 8.54. The summed E-state index contributed by atoms with van der Waals surface area (Å²) in [6.07, 6.45) is 0. The Kier molecular flexibility index (Phi) is 6.18. The second kappa shape index (κ2) is 7.41. The molecule has 0 aliphatic heterocycles. The maximum absolute atomic E-state index is 5.00. The van der Waals surface area contributed by atoms with Gasteiger partial charge in [-0.2, -0.15) is 0 Å². The van der Waals surface area contributed by atoms with Crippen LogP contribution in [0, 0.1) is 13.8 Å². The number of methoxy groups -OCH3 is 1. The van der Waals surface area contributed by atoms with Crippen molar-refractivity contribution in [3.63, 3.8) is 0 Å². The molecule has 1 rings (SSSR count). The minimum atomic E-state index is 0.720. The SMILES string of the molecule is COCCNCc1c(C)nc(CN(C)C)nc1C. The summed E-state index contributed by atoms with van der Waals surface area (Å²) in [6.45, 7) is 7.22. The molecule has 0 bridgehead atoms. The van der Waals surface area contributed by atoms with Gasteiger partial charge in [-0.05, 0) is 27.9 Å². The number of aromatic nitrogens is 2. The summed E-state index contributed by atoms with van der Waals surface area (Å²) in [5.74, 6) is 0.885. The third-order valence-corrected chi connectivity index (χ3v) is 2.71. The van der Waals surface area contributed by atoms with E-state index in [4.69, 9.17) is 4.74 Å². The molecule has 0 saturated carbocycles. The molecule has 1 N–H and O–H groups in total. The van der Waals surface area contributed by atoms with Gasteiger partial charge >= 0.3 is 0 Å². The molecular weight excluding hydrogens is 228 g/mol. The summed E-state index contributed by atoms with van der Waals surface area (Å²) in [6, 6.07) is 0. The number of rotatable bonds is 7. The number of aryl methyl sites for hydroxylation is 2. The highest BCUT2D eigenvalue weighted by Crippen LogP contribution is 2.10. The van der Waals surface area contributed by atoms with Gasteiger partial charge in [0.25, 0.3) is 0 Å². The number of ether oxygens (including phenoxy) is 1. The monoisotopic (exact) mass is 252 g/mol. The van der Waals surface area contributed by atoms with Crippen molar-refractivity contribution in [3.8, 4) is 0 Å². The standard InChI is InChI=1S/C13H24N4O/c1-10-12(8-14-6-7-18-5)11(2)16-13(15-10)9-17(3)4/h14H,6-9H2,1-5H3. The normalized spacial score (nSPS) is 11.2. The number of nitrogens with one attached hydrogen (secondary N) is 1. The molecule has 5 heteroatoms. The Hall–Kier alpha value is -1.04. The van der Waals surface area contributed by atoms with Gasteiger partial charge in [-0.1, -0.05) is 0 Å². The van der Waals surface area contributed by atoms with E-state index >= 15 is 0 Å². The lowest BCUT2D eigenvalue weighted by Crippen LogP contribution is -2.21. The molecule has 0 aliphatic carbocycles. The first-order valence-corrected chi connectivity index (χ1v) is 6.22. The lowest BCUT2D eigenvalue weighted by molar-refractivity contribution is 0.199. The second-order valence-electron chi connectivity index (χ2n) is 4.70. The molecule has 0 saturated heterocycles. The fourth-order valence-corrected chi connectivity index (χ4v) is 1.81. The smallest absolute Gasteiger partial charge is 0.142 e. The number of nitrogens with zero attached hydrogens (tertiary/aromatic N) is 3. The fourth-order valence-electron chi connectivity index (χ4n) is 1.81. The topological polar surface area (TPSA) is 50.3 Å². The summed E-state index contributed by atoms with van der Waals surface area (Å²) in [7, 11) is 5.75. The van der Waals surface area contributed by atoms with Gasteiger partial charge in [-0.3, -0.25) is 0 Å². The highest BCUT2D eigenvalue weighted by molar-refractivity contribution is 5.24. The second-order valence-corrected chi connectivity index (χ2v) is 4.70. The van der Waals surface area contributed by atoms with Gasteiger partial charge in [-0.25, -0.2) is 9.97 Å². The minimum Gasteiger partial charge on any atom is -0.383 e. The molecule has 0 spiro atoms. The molecule has 1 heterocycles. The summed E-state index contributed by atoms with van der Waals surface area (Å²) in [5, 5.41) is 3.33. The van der Waals surface area contributed by atoms with Crippen molar-refractivity contribution in [2.75, 3.05) is 34.4 Å². The van der Waals surface area contributed by atoms with Gasteiger partial charge < -0.3 is 15.0 Å². The van der Waals surface area contributed by atoms with Crippen molar-refractivity contribution in [2.24, 2.45) is 0 Å². The van der Waals surface area contributed by atoms with Crippen molar-refractivity contribution in [3.05, 3.63) is 22.8 Å². The zero-order valence-electron chi connectivity index (χ0n) is 12.1. The van der Waals surface area contributed by atoms with Gasteiger partial charge in [0.05, 0.1) is 13.2 Å². The average Bonchev–Trinajstić information content (AvgIpc) is 2.26. The summed E-state index contributed by atoms with van der Waals surface area (Å²) >= 11 is 0. The van der Waals surface area contributed by atoms with Crippen LogP contribution in [-0.4, -0.2) is 49.2 Å². The predicted octanol–water partition coefficient (Wildman–Crippen LogP) is 0.891. The average molecular weight is 252 g/mol. The van der Waals surface area contributed by atoms with Crippen LogP contribution in [0.1, 0.15) is 22.8 Å². The molecule has 0 atom stereocenters. The Bertz CT molecular complexity index is 356. The van der Waals surface area contributed by atoms with E-state index in [-0.39, 0.29) is 0 Å². The van der Waals surface area contributed by atoms with Gasteiger partial charge in [-0.15, -0.1) is 0 Å². The Morgan fingerprint density at radius 2 is 1.78 bits per heavy atom. The maximum atomic E-state index is 5.00. The molecule has 5 nitrogen and oxygen atoms in total. The zero-order chi connectivity index (χ0) is 13.5. The molecule has 0 fully saturated rings. The van der Waals surface area contributed by atoms with E-state index in [9.17, 15) is 0 Å². The van der Waals surface area contributed by atoms with Crippen molar-refractivity contribution < 1.29 is 4.74 Å². The van der Waals surface area contributed by atoms with Crippen molar-refractivity contribution >= 4 is 0 Å². The van der Waals surface area contributed by atoms with E-state index < -0.39 is 0 Å². The Balaban J connectivity index is 2.68. The summed E-state index contributed by atoms with van der Waals surface area (Å²) in [4.78, 5) is 11.2. The molecule has 1 aromatic rings. The molecule has 18 heavy (non-hydrogen) atoms. The first-order valence-electron chi connectivity index (χ1n) is 6.22. The van der Waals surface area contributed by atoms with Gasteiger partial charge in [0, 0.05) is 37.2 Å². The van der Waals surface area contributed by atoms with Crippen LogP contribution in [0.3, 0.4) is 0 Å². The minimum absolute atomic E-state index is 0.720. The molecule has 0 aromatic carbocycles. The van der Waals surface area contributed by atoms with Crippen LogP contribution in [0.2, 0.25) is 0 Å². The van der Waals surface area contributed by atoms with Gasteiger partial charge in [0.2, 0.25) is 0 Å². The lowest BCUT2D eigenvalue weighted by Gasteiger charge is -2.14. The number of hydrogen-bond donors (Lipinski definition) is 1. The van der Waals surface area contributed by atoms with Crippen LogP contribution in [0.15, 0.2) is 0 Å². The zero-order valence-corrected chi connectivity index (χ0v) is 12.1. The van der Waals surface area contributed by atoms with Crippen molar-refractivity contribution in [1.82, 2.24) is 20.2 Å². The molecule has 0 radical (unpaired) electrons. The molecule has 0 aliphatic rings. The fraction of sp³-hybridized carbons (Fsp3) is 0.692. The van der Waals surface area contributed by atoms with Crippen LogP contribution in [0.4, 0.5) is 0 Å². The highest BCUT2D eigenvalue weighted by Gasteiger charge is 2.08. The van der Waals surface area contributed by atoms with Gasteiger partial charge in [0.1, 0.15) is 5.82 Å². The van der Waals surface area contributed by atoms with Crippen LogP contribution in [-0.2, 0) is 17.8 Å². The lowest BCUT2D eigenvalue weighted by atomic mass is 10.1. The largest absolute Gasteiger partial charge is 0.383 e. The van der Waals surface area contributed by atoms with Crippen LogP contribution in [0.25, 0.3) is 0 Å². The van der Waals surface area contributed by atoms with Crippen LogP contribution >= 0.6 is 0 Å². The van der Waals surface area contributed by atoms with Crippen LogP contribution < -0.4 is 5.32 Å². The maximum Gasteiger partial charge on any atom is 0.142 e. The Labute approximate surface area is 110 Å². The number of hydrogen-bond acceptors (Lipinski definition) is 5. The molecule has 102 valence electrons. The quantitative estimate of drug-likeness (QED) is 0.730. The predicted molar refractivity (Wildman–Crippen MR) is 72.5 cm³/mol. The van der Waals surface area contributed by atoms with E-state index in [1.807, 2.05) is 27.9 Å². The Morgan fingerprint density at radius 3 is 2.28 bits per heavy atom. The first kappa shape index (κ1) is 15.0. The van der Waals surface area contributed by atoms with E-state index in [1.54, 1.807) is 7.11 Å². The van der Waals surface area contributed by atoms with E-state index in [0.29, 0.717) is 0 Å². The summed E-state index contributed by atoms with van der Waals surface area (Å²) < 4.78 is 5.00. The van der Waals surface area contributed by atoms with Gasteiger partial charge in [0.15, 0.2) is 0 Å². The van der Waals surface area contributed by atoms with Crippen LogP contribution in [0.5, 0.6) is 0 Å². The van der Waals surface area contributed by atoms with E-state index in [1.165, 1.54) is 5.56 Å².